The first-order chi connectivity index (χ1) is 11.0. The average molecular weight is 332 g/mol. The standard InChI is InChI=1S/C17H24N4OS/c1-12(16-20-13(2)11-23-16)9-18-17(22)19-10-14-6-5-7-15(8-14)21(3)4/h5-8,11-12H,9-10H2,1-4H3,(H2,18,19,22). The molecule has 0 bridgehead atoms. The molecule has 0 saturated heterocycles. The van der Waals surface area contributed by atoms with Gasteiger partial charge in [0.15, 0.2) is 0 Å². The Morgan fingerprint density at radius 1 is 1.35 bits per heavy atom. The Kier molecular flexibility index (Phi) is 5.98. The van der Waals surface area contributed by atoms with Gasteiger partial charge in [-0.2, -0.15) is 0 Å². The molecular weight excluding hydrogens is 308 g/mol. The van der Waals surface area contributed by atoms with Gasteiger partial charge < -0.3 is 15.5 Å². The van der Waals surface area contributed by atoms with E-state index < -0.39 is 0 Å². The van der Waals surface area contributed by atoms with E-state index in [-0.39, 0.29) is 11.9 Å². The number of thiazole rings is 1. The number of nitrogens with zero attached hydrogens (tertiary/aromatic N) is 2. The van der Waals surface area contributed by atoms with Crippen molar-refractivity contribution in [3.05, 3.63) is 45.9 Å². The molecule has 1 atom stereocenters. The molecule has 0 radical (unpaired) electrons. The summed E-state index contributed by atoms with van der Waals surface area (Å²) < 4.78 is 0. The van der Waals surface area contributed by atoms with Gasteiger partial charge in [0.2, 0.25) is 0 Å². The predicted molar refractivity (Wildman–Crippen MR) is 96.3 cm³/mol. The second-order valence-corrected chi connectivity index (χ2v) is 6.75. The molecule has 0 fully saturated rings. The molecule has 0 saturated carbocycles. The average Bonchev–Trinajstić information content (AvgIpc) is 2.97. The largest absolute Gasteiger partial charge is 0.378 e. The highest BCUT2D eigenvalue weighted by molar-refractivity contribution is 7.09. The van der Waals surface area contributed by atoms with Gasteiger partial charge in [-0.25, -0.2) is 9.78 Å². The van der Waals surface area contributed by atoms with E-state index >= 15 is 0 Å². The van der Waals surface area contributed by atoms with Crippen molar-refractivity contribution in [2.45, 2.75) is 26.3 Å². The molecule has 0 aliphatic heterocycles. The summed E-state index contributed by atoms with van der Waals surface area (Å²) in [6.07, 6.45) is 0. The fourth-order valence-corrected chi connectivity index (χ4v) is 2.98. The van der Waals surface area contributed by atoms with E-state index in [9.17, 15) is 4.79 Å². The molecule has 5 nitrogen and oxygen atoms in total. The Balaban J connectivity index is 1.78. The molecule has 2 rings (SSSR count). The van der Waals surface area contributed by atoms with Crippen LogP contribution in [0.3, 0.4) is 0 Å². The molecule has 1 aromatic carbocycles. The fourth-order valence-electron chi connectivity index (χ4n) is 2.12. The highest BCUT2D eigenvalue weighted by Gasteiger charge is 2.11. The lowest BCUT2D eigenvalue weighted by molar-refractivity contribution is 0.240. The third-order valence-electron chi connectivity index (χ3n) is 3.51. The first-order valence-electron chi connectivity index (χ1n) is 7.65. The maximum atomic E-state index is 11.9. The van der Waals surface area contributed by atoms with E-state index in [0.717, 1.165) is 22.0 Å². The lowest BCUT2D eigenvalue weighted by Gasteiger charge is -2.14. The number of hydrogen-bond donors (Lipinski definition) is 2. The maximum absolute atomic E-state index is 11.9. The van der Waals surface area contributed by atoms with Crippen LogP contribution in [0, 0.1) is 6.92 Å². The Morgan fingerprint density at radius 3 is 2.78 bits per heavy atom. The van der Waals surface area contributed by atoms with Crippen LogP contribution in [0.15, 0.2) is 29.6 Å². The van der Waals surface area contributed by atoms with Crippen molar-refractivity contribution >= 4 is 23.1 Å². The Hall–Kier alpha value is -2.08. The molecule has 6 heteroatoms. The number of anilines is 1. The number of urea groups is 1. The van der Waals surface area contributed by atoms with Crippen LogP contribution < -0.4 is 15.5 Å². The summed E-state index contributed by atoms with van der Waals surface area (Å²) in [5.74, 6) is 0.219. The van der Waals surface area contributed by atoms with Crippen molar-refractivity contribution in [2.75, 3.05) is 25.5 Å². The number of aryl methyl sites for hydroxylation is 1. The maximum Gasteiger partial charge on any atom is 0.315 e. The lowest BCUT2D eigenvalue weighted by Crippen LogP contribution is -2.37. The summed E-state index contributed by atoms with van der Waals surface area (Å²) in [4.78, 5) is 18.4. The second-order valence-electron chi connectivity index (χ2n) is 5.86. The number of benzene rings is 1. The zero-order valence-corrected chi connectivity index (χ0v) is 14.9. The molecule has 0 spiro atoms. The van der Waals surface area contributed by atoms with Crippen molar-refractivity contribution in [2.24, 2.45) is 0 Å². The van der Waals surface area contributed by atoms with Gasteiger partial charge in [0.05, 0.1) is 5.01 Å². The number of rotatable bonds is 6. The quantitative estimate of drug-likeness (QED) is 0.854. The molecule has 23 heavy (non-hydrogen) atoms. The van der Waals surface area contributed by atoms with Gasteiger partial charge in [0.1, 0.15) is 0 Å². The Bertz CT molecular complexity index is 654. The first kappa shape index (κ1) is 17.3. The van der Waals surface area contributed by atoms with Crippen LogP contribution in [0.25, 0.3) is 0 Å². The van der Waals surface area contributed by atoms with Crippen LogP contribution in [-0.4, -0.2) is 31.7 Å². The normalized spacial score (nSPS) is 11.8. The van der Waals surface area contributed by atoms with Gasteiger partial charge in [0, 0.05) is 49.9 Å². The van der Waals surface area contributed by atoms with Gasteiger partial charge in [-0.05, 0) is 24.6 Å². The highest BCUT2D eigenvalue weighted by atomic mass is 32.1. The van der Waals surface area contributed by atoms with Crippen LogP contribution in [0.2, 0.25) is 0 Å². The summed E-state index contributed by atoms with van der Waals surface area (Å²) in [6.45, 7) is 5.14. The van der Waals surface area contributed by atoms with E-state index in [1.165, 1.54) is 0 Å². The van der Waals surface area contributed by atoms with Crippen LogP contribution >= 0.6 is 11.3 Å². The monoisotopic (exact) mass is 332 g/mol. The van der Waals surface area contributed by atoms with Crippen LogP contribution in [0.5, 0.6) is 0 Å². The van der Waals surface area contributed by atoms with Gasteiger partial charge >= 0.3 is 6.03 Å². The zero-order chi connectivity index (χ0) is 16.8. The van der Waals surface area contributed by atoms with Crippen molar-refractivity contribution in [3.63, 3.8) is 0 Å². The molecule has 2 amide bonds. The number of amides is 2. The number of nitrogens with one attached hydrogen (secondary N) is 2. The molecule has 0 aliphatic carbocycles. The lowest BCUT2D eigenvalue weighted by atomic mass is 10.2. The van der Waals surface area contributed by atoms with Crippen molar-refractivity contribution in [3.8, 4) is 0 Å². The number of carbonyl (C=O) groups is 1. The van der Waals surface area contributed by atoms with E-state index in [2.05, 4.69) is 28.6 Å². The minimum atomic E-state index is -0.152. The number of hydrogen-bond acceptors (Lipinski definition) is 4. The second kappa shape index (κ2) is 7.97. The van der Waals surface area contributed by atoms with Crippen LogP contribution in [-0.2, 0) is 6.54 Å². The van der Waals surface area contributed by atoms with Gasteiger partial charge in [0.25, 0.3) is 0 Å². The van der Waals surface area contributed by atoms with Gasteiger partial charge in [-0.15, -0.1) is 11.3 Å². The molecular formula is C17H24N4OS. The summed E-state index contributed by atoms with van der Waals surface area (Å²) in [6, 6.07) is 7.97. The van der Waals surface area contributed by atoms with Crippen LogP contribution in [0.1, 0.15) is 29.1 Å². The minimum absolute atomic E-state index is 0.152. The first-order valence-corrected chi connectivity index (χ1v) is 8.53. The van der Waals surface area contributed by atoms with E-state index in [0.29, 0.717) is 13.1 Å². The summed E-state index contributed by atoms with van der Waals surface area (Å²) >= 11 is 1.64. The number of aromatic nitrogens is 1. The Labute approximate surface area is 141 Å². The molecule has 0 aliphatic rings. The van der Waals surface area contributed by atoms with Crippen molar-refractivity contribution in [1.82, 2.24) is 15.6 Å². The molecule has 2 N–H and O–H groups in total. The van der Waals surface area contributed by atoms with Crippen molar-refractivity contribution < 1.29 is 4.79 Å². The molecule has 1 aromatic heterocycles. The van der Waals surface area contributed by atoms with E-state index in [1.54, 1.807) is 11.3 Å². The molecule has 124 valence electrons. The third kappa shape index (κ3) is 5.25. The predicted octanol–water partition coefficient (Wildman–Crippen LogP) is 3.12. The van der Waals surface area contributed by atoms with Crippen molar-refractivity contribution in [1.29, 1.82) is 0 Å². The molecule has 2 aromatic rings. The summed E-state index contributed by atoms with van der Waals surface area (Å²) in [5.41, 5.74) is 3.23. The van der Waals surface area contributed by atoms with Crippen LogP contribution in [0.4, 0.5) is 10.5 Å². The minimum Gasteiger partial charge on any atom is -0.378 e. The Morgan fingerprint density at radius 2 is 2.13 bits per heavy atom. The van der Waals surface area contributed by atoms with E-state index in [1.807, 2.05) is 49.5 Å². The number of carbonyl (C=O) groups excluding carboxylic acids is 1. The van der Waals surface area contributed by atoms with Gasteiger partial charge in [-0.1, -0.05) is 19.1 Å². The van der Waals surface area contributed by atoms with E-state index in [4.69, 9.17) is 0 Å². The SMILES string of the molecule is Cc1csc(C(C)CNC(=O)NCc2cccc(N(C)C)c2)n1. The fraction of sp³-hybridized carbons (Fsp3) is 0.412. The summed E-state index contributed by atoms with van der Waals surface area (Å²) in [7, 11) is 4.00. The third-order valence-corrected chi connectivity index (χ3v) is 4.70. The zero-order valence-electron chi connectivity index (χ0n) is 14.1. The highest BCUT2D eigenvalue weighted by Crippen LogP contribution is 2.18. The molecule has 1 unspecified atom stereocenters. The summed E-state index contributed by atoms with van der Waals surface area (Å²) in [5, 5.41) is 8.88. The topological polar surface area (TPSA) is 57.3 Å². The molecule has 1 heterocycles. The van der Waals surface area contributed by atoms with Gasteiger partial charge in [-0.3, -0.25) is 0 Å². The smallest absolute Gasteiger partial charge is 0.315 e.